The second-order valence-electron chi connectivity index (χ2n) is 4.99. The largest absolute Gasteiger partial charge is 0.394 e. The van der Waals surface area contributed by atoms with E-state index in [4.69, 9.17) is 11.6 Å². The molecular weight excluding hydrogens is 262 g/mol. The standard InChI is InChI=1S/C15H18ClNO2/c16-13-6-2-1-5-12(13)7-8-14(19)17-15(11-18)9-3-4-10-15/h1-2,5-8,18H,3-4,9-11H2,(H,17,19)/b8-7+. The van der Waals surface area contributed by atoms with Gasteiger partial charge in [-0.3, -0.25) is 4.79 Å². The van der Waals surface area contributed by atoms with Gasteiger partial charge in [0.05, 0.1) is 12.1 Å². The minimum absolute atomic E-state index is 0.00132. The Morgan fingerprint density at radius 3 is 2.68 bits per heavy atom. The van der Waals surface area contributed by atoms with E-state index in [9.17, 15) is 9.90 Å². The lowest BCUT2D eigenvalue weighted by Crippen LogP contribution is -2.48. The summed E-state index contributed by atoms with van der Waals surface area (Å²) in [6.45, 7) is -0.00132. The molecule has 0 heterocycles. The highest BCUT2D eigenvalue weighted by Crippen LogP contribution is 2.29. The Labute approximate surface area is 118 Å². The zero-order valence-electron chi connectivity index (χ0n) is 10.7. The molecule has 2 rings (SSSR count). The molecule has 1 amide bonds. The Balaban J connectivity index is 2.00. The van der Waals surface area contributed by atoms with Crippen molar-refractivity contribution in [1.82, 2.24) is 5.32 Å². The second-order valence-corrected chi connectivity index (χ2v) is 5.40. The maximum Gasteiger partial charge on any atom is 0.244 e. The molecule has 19 heavy (non-hydrogen) atoms. The molecule has 102 valence electrons. The van der Waals surface area contributed by atoms with Crippen molar-refractivity contribution >= 4 is 23.6 Å². The van der Waals surface area contributed by atoms with Crippen LogP contribution in [0, 0.1) is 0 Å². The number of rotatable bonds is 4. The van der Waals surface area contributed by atoms with E-state index < -0.39 is 5.54 Å². The van der Waals surface area contributed by atoms with Crippen molar-refractivity contribution in [2.24, 2.45) is 0 Å². The summed E-state index contributed by atoms with van der Waals surface area (Å²) in [5.41, 5.74) is 0.380. The molecule has 1 aliphatic rings. The van der Waals surface area contributed by atoms with Crippen molar-refractivity contribution in [3.05, 3.63) is 40.9 Å². The molecule has 1 saturated carbocycles. The highest BCUT2D eigenvalue weighted by Gasteiger charge is 2.33. The third-order valence-electron chi connectivity index (χ3n) is 3.57. The first-order valence-corrected chi connectivity index (χ1v) is 6.89. The van der Waals surface area contributed by atoms with Gasteiger partial charge in [-0.15, -0.1) is 0 Å². The fraction of sp³-hybridized carbons (Fsp3) is 0.400. The van der Waals surface area contributed by atoms with Gasteiger partial charge in [0.15, 0.2) is 0 Å². The van der Waals surface area contributed by atoms with Crippen LogP contribution in [0.15, 0.2) is 30.3 Å². The molecule has 1 fully saturated rings. The zero-order chi connectivity index (χ0) is 13.7. The van der Waals surface area contributed by atoms with E-state index in [2.05, 4.69) is 5.32 Å². The quantitative estimate of drug-likeness (QED) is 0.833. The number of amides is 1. The topological polar surface area (TPSA) is 49.3 Å². The molecule has 0 bridgehead atoms. The smallest absolute Gasteiger partial charge is 0.244 e. The van der Waals surface area contributed by atoms with Crippen LogP contribution in [-0.2, 0) is 4.79 Å². The number of benzene rings is 1. The Bertz CT molecular complexity index is 479. The molecule has 4 heteroatoms. The molecule has 0 radical (unpaired) electrons. The van der Waals surface area contributed by atoms with Gasteiger partial charge in [0, 0.05) is 11.1 Å². The first kappa shape index (κ1) is 14.1. The predicted molar refractivity (Wildman–Crippen MR) is 76.9 cm³/mol. The van der Waals surface area contributed by atoms with Crippen LogP contribution in [0.4, 0.5) is 0 Å². The van der Waals surface area contributed by atoms with E-state index in [1.165, 1.54) is 6.08 Å². The lowest BCUT2D eigenvalue weighted by atomic mass is 9.99. The average molecular weight is 280 g/mol. The Kier molecular flexibility index (Phi) is 4.61. The number of nitrogens with one attached hydrogen (secondary N) is 1. The predicted octanol–water partition coefficient (Wildman–Crippen LogP) is 2.77. The van der Waals surface area contributed by atoms with E-state index in [1.54, 1.807) is 12.1 Å². The molecule has 3 nitrogen and oxygen atoms in total. The maximum atomic E-state index is 11.9. The first-order chi connectivity index (χ1) is 9.15. The summed E-state index contributed by atoms with van der Waals surface area (Å²) < 4.78 is 0. The average Bonchev–Trinajstić information content (AvgIpc) is 2.87. The van der Waals surface area contributed by atoms with Gasteiger partial charge in [-0.1, -0.05) is 42.6 Å². The number of hydrogen-bond donors (Lipinski definition) is 2. The highest BCUT2D eigenvalue weighted by molar-refractivity contribution is 6.32. The molecule has 0 aromatic heterocycles. The number of carbonyl (C=O) groups excluding carboxylic acids is 1. The SMILES string of the molecule is O=C(/C=C/c1ccccc1Cl)NC1(CO)CCCC1. The number of aliphatic hydroxyl groups excluding tert-OH is 1. The van der Waals surface area contributed by atoms with Crippen LogP contribution in [0.25, 0.3) is 6.08 Å². The van der Waals surface area contributed by atoms with Crippen molar-refractivity contribution in [3.63, 3.8) is 0 Å². The van der Waals surface area contributed by atoms with Gasteiger partial charge < -0.3 is 10.4 Å². The van der Waals surface area contributed by atoms with Crippen molar-refractivity contribution in [3.8, 4) is 0 Å². The molecule has 2 N–H and O–H groups in total. The van der Waals surface area contributed by atoms with Gasteiger partial charge in [-0.2, -0.15) is 0 Å². The van der Waals surface area contributed by atoms with Crippen molar-refractivity contribution in [2.45, 2.75) is 31.2 Å². The normalized spacial score (nSPS) is 17.8. The number of hydrogen-bond acceptors (Lipinski definition) is 2. The van der Waals surface area contributed by atoms with Crippen LogP contribution in [0.1, 0.15) is 31.2 Å². The minimum atomic E-state index is -0.429. The van der Waals surface area contributed by atoms with Gasteiger partial charge in [-0.25, -0.2) is 0 Å². The molecule has 1 aromatic carbocycles. The highest BCUT2D eigenvalue weighted by atomic mass is 35.5. The molecular formula is C15H18ClNO2. The van der Waals surface area contributed by atoms with Gasteiger partial charge >= 0.3 is 0 Å². The van der Waals surface area contributed by atoms with Gasteiger partial charge in [0.2, 0.25) is 5.91 Å². The van der Waals surface area contributed by atoms with Crippen molar-refractivity contribution < 1.29 is 9.90 Å². The Morgan fingerprint density at radius 2 is 2.05 bits per heavy atom. The number of aliphatic hydroxyl groups is 1. The Hall–Kier alpha value is -1.32. The lowest BCUT2D eigenvalue weighted by molar-refractivity contribution is -0.118. The summed E-state index contributed by atoms with van der Waals surface area (Å²) in [5.74, 6) is -0.184. The monoisotopic (exact) mass is 279 g/mol. The second kappa shape index (κ2) is 6.22. The van der Waals surface area contributed by atoms with Crippen LogP contribution < -0.4 is 5.32 Å². The summed E-state index contributed by atoms with van der Waals surface area (Å²) >= 11 is 6.01. The third-order valence-corrected chi connectivity index (χ3v) is 3.92. The van der Waals surface area contributed by atoms with Crippen molar-refractivity contribution in [2.75, 3.05) is 6.61 Å². The fourth-order valence-electron chi connectivity index (χ4n) is 2.45. The van der Waals surface area contributed by atoms with E-state index in [-0.39, 0.29) is 12.5 Å². The minimum Gasteiger partial charge on any atom is -0.394 e. The molecule has 1 aliphatic carbocycles. The summed E-state index contributed by atoms with van der Waals surface area (Å²) in [5, 5.41) is 13.0. The van der Waals surface area contributed by atoms with Crippen LogP contribution in [-0.4, -0.2) is 23.2 Å². The summed E-state index contributed by atoms with van der Waals surface area (Å²) in [7, 11) is 0. The molecule has 0 spiro atoms. The van der Waals surface area contributed by atoms with Crippen LogP contribution in [0.5, 0.6) is 0 Å². The van der Waals surface area contributed by atoms with Gasteiger partial charge in [0.1, 0.15) is 0 Å². The number of carbonyl (C=O) groups is 1. The zero-order valence-corrected chi connectivity index (χ0v) is 11.5. The molecule has 1 aromatic rings. The molecule has 0 atom stereocenters. The summed E-state index contributed by atoms with van der Waals surface area (Å²) in [6.07, 6.45) is 6.95. The maximum absolute atomic E-state index is 11.9. The van der Waals surface area contributed by atoms with Gasteiger partial charge in [-0.05, 0) is 30.5 Å². The van der Waals surface area contributed by atoms with E-state index in [0.29, 0.717) is 5.02 Å². The molecule has 0 saturated heterocycles. The fourth-order valence-corrected chi connectivity index (χ4v) is 2.65. The van der Waals surface area contributed by atoms with Gasteiger partial charge in [0.25, 0.3) is 0 Å². The summed E-state index contributed by atoms with van der Waals surface area (Å²) in [6, 6.07) is 7.35. The Morgan fingerprint density at radius 1 is 1.37 bits per heavy atom. The molecule has 0 aliphatic heterocycles. The van der Waals surface area contributed by atoms with E-state index >= 15 is 0 Å². The molecule has 0 unspecified atom stereocenters. The van der Waals surface area contributed by atoms with Crippen LogP contribution >= 0.6 is 11.6 Å². The van der Waals surface area contributed by atoms with E-state index in [0.717, 1.165) is 31.2 Å². The lowest BCUT2D eigenvalue weighted by Gasteiger charge is -2.27. The van der Waals surface area contributed by atoms with Crippen LogP contribution in [0.2, 0.25) is 5.02 Å². The number of halogens is 1. The van der Waals surface area contributed by atoms with E-state index in [1.807, 2.05) is 18.2 Å². The van der Waals surface area contributed by atoms with Crippen LogP contribution in [0.3, 0.4) is 0 Å². The third kappa shape index (κ3) is 3.58. The first-order valence-electron chi connectivity index (χ1n) is 6.51. The van der Waals surface area contributed by atoms with Crippen molar-refractivity contribution in [1.29, 1.82) is 0 Å². The summed E-state index contributed by atoms with van der Waals surface area (Å²) in [4.78, 5) is 11.9.